The van der Waals surface area contributed by atoms with Gasteiger partial charge in [0.2, 0.25) is 0 Å². The summed E-state index contributed by atoms with van der Waals surface area (Å²) in [7, 11) is 5.01. The maximum absolute atomic E-state index is 5.31. The van der Waals surface area contributed by atoms with E-state index in [-0.39, 0.29) is 0 Å². The highest BCUT2D eigenvalue weighted by Gasteiger charge is 2.05. The molecule has 0 spiro atoms. The Morgan fingerprint density at radius 3 is 2.38 bits per heavy atom. The van der Waals surface area contributed by atoms with Gasteiger partial charge in [-0.05, 0) is 29.8 Å². The Morgan fingerprint density at radius 2 is 1.67 bits per heavy atom. The highest BCUT2D eigenvalue weighted by molar-refractivity contribution is 7.11. The number of rotatable bonds is 8. The molecule has 1 heterocycles. The highest BCUT2D eigenvalue weighted by atomic mass is 32.1. The summed E-state index contributed by atoms with van der Waals surface area (Å²) in [4.78, 5) is 2.56. The van der Waals surface area contributed by atoms with Crippen LogP contribution in [0.25, 0.3) is 0 Å². The fraction of sp³-hybridized carbons (Fsp3) is 0.375. The lowest BCUT2D eigenvalue weighted by Gasteiger charge is -2.10. The van der Waals surface area contributed by atoms with Crippen molar-refractivity contribution in [3.8, 4) is 11.5 Å². The number of hydrogen-bond acceptors (Lipinski definition) is 5. The van der Waals surface area contributed by atoms with Crippen LogP contribution in [0.5, 0.6) is 11.5 Å². The second-order valence-corrected chi connectivity index (χ2v) is 5.85. The van der Waals surface area contributed by atoms with Crippen LogP contribution in [0.15, 0.2) is 30.3 Å². The van der Waals surface area contributed by atoms with Gasteiger partial charge in [0.25, 0.3) is 0 Å². The minimum absolute atomic E-state index is 0.681. The molecular formula is C16H21NO3S. The van der Waals surface area contributed by atoms with Crippen LogP contribution in [0.3, 0.4) is 0 Å². The molecule has 2 aromatic rings. The molecule has 2 rings (SSSR count). The van der Waals surface area contributed by atoms with Crippen molar-refractivity contribution in [3.05, 3.63) is 45.6 Å². The van der Waals surface area contributed by atoms with Crippen LogP contribution in [0, 0.1) is 0 Å². The van der Waals surface area contributed by atoms with Crippen molar-refractivity contribution in [2.75, 3.05) is 21.3 Å². The van der Waals surface area contributed by atoms with Gasteiger partial charge < -0.3 is 19.5 Å². The summed E-state index contributed by atoms with van der Waals surface area (Å²) in [6, 6.07) is 10.2. The molecule has 0 saturated heterocycles. The van der Waals surface area contributed by atoms with Crippen LogP contribution in [-0.2, 0) is 24.4 Å². The monoisotopic (exact) mass is 307 g/mol. The lowest BCUT2D eigenvalue weighted by molar-refractivity contribution is 0.187. The molecule has 0 radical (unpaired) electrons. The molecule has 0 saturated carbocycles. The fourth-order valence-electron chi connectivity index (χ4n) is 2.06. The van der Waals surface area contributed by atoms with Crippen molar-refractivity contribution >= 4 is 11.3 Å². The first-order valence-electron chi connectivity index (χ1n) is 6.75. The summed E-state index contributed by atoms with van der Waals surface area (Å²) in [6.07, 6.45) is 0. The van der Waals surface area contributed by atoms with Crippen molar-refractivity contribution < 1.29 is 14.2 Å². The van der Waals surface area contributed by atoms with Gasteiger partial charge in [0.05, 0.1) is 20.8 Å². The molecule has 21 heavy (non-hydrogen) atoms. The van der Waals surface area contributed by atoms with E-state index in [9.17, 15) is 0 Å². The van der Waals surface area contributed by atoms with Crippen LogP contribution in [0.4, 0.5) is 0 Å². The van der Waals surface area contributed by atoms with Crippen LogP contribution >= 0.6 is 11.3 Å². The summed E-state index contributed by atoms with van der Waals surface area (Å²) >= 11 is 1.77. The third kappa shape index (κ3) is 4.46. The average molecular weight is 307 g/mol. The van der Waals surface area contributed by atoms with E-state index in [1.54, 1.807) is 32.7 Å². The zero-order chi connectivity index (χ0) is 15.1. The summed E-state index contributed by atoms with van der Waals surface area (Å²) in [5.41, 5.74) is 1.17. The number of ether oxygens (including phenoxy) is 3. The number of nitrogens with one attached hydrogen (secondary N) is 1. The Labute approximate surface area is 129 Å². The van der Waals surface area contributed by atoms with Crippen molar-refractivity contribution in [3.63, 3.8) is 0 Å². The van der Waals surface area contributed by atoms with Crippen molar-refractivity contribution in [2.24, 2.45) is 0 Å². The van der Waals surface area contributed by atoms with Gasteiger partial charge in [-0.3, -0.25) is 0 Å². The van der Waals surface area contributed by atoms with Gasteiger partial charge >= 0.3 is 0 Å². The Hall–Kier alpha value is -1.56. The molecule has 0 aliphatic carbocycles. The van der Waals surface area contributed by atoms with Crippen molar-refractivity contribution in [1.82, 2.24) is 5.32 Å². The zero-order valence-corrected chi connectivity index (χ0v) is 13.5. The Morgan fingerprint density at radius 1 is 0.905 bits per heavy atom. The maximum Gasteiger partial charge on any atom is 0.161 e. The number of benzene rings is 1. The Balaban J connectivity index is 1.87. The van der Waals surface area contributed by atoms with Gasteiger partial charge in [0, 0.05) is 30.0 Å². The zero-order valence-electron chi connectivity index (χ0n) is 12.6. The first-order chi connectivity index (χ1) is 10.3. The smallest absolute Gasteiger partial charge is 0.161 e. The van der Waals surface area contributed by atoms with Crippen LogP contribution in [0.1, 0.15) is 15.3 Å². The first kappa shape index (κ1) is 15.8. The molecular weight excluding hydrogens is 286 g/mol. The molecule has 114 valence electrons. The van der Waals surface area contributed by atoms with Gasteiger partial charge in [0.15, 0.2) is 11.5 Å². The van der Waals surface area contributed by atoms with Crippen molar-refractivity contribution in [2.45, 2.75) is 19.7 Å². The average Bonchev–Trinajstić information content (AvgIpc) is 2.95. The normalized spacial score (nSPS) is 10.6. The van der Waals surface area contributed by atoms with E-state index in [1.165, 1.54) is 15.3 Å². The van der Waals surface area contributed by atoms with E-state index in [0.717, 1.165) is 24.6 Å². The number of methoxy groups -OCH3 is 3. The second-order valence-electron chi connectivity index (χ2n) is 4.59. The molecule has 0 bridgehead atoms. The van der Waals surface area contributed by atoms with Gasteiger partial charge in [-0.1, -0.05) is 6.07 Å². The molecule has 1 aromatic carbocycles. The molecule has 0 unspecified atom stereocenters. The third-order valence-corrected chi connectivity index (χ3v) is 4.14. The van der Waals surface area contributed by atoms with E-state index in [2.05, 4.69) is 17.4 Å². The molecule has 0 atom stereocenters. The molecule has 1 aromatic heterocycles. The van der Waals surface area contributed by atoms with Gasteiger partial charge in [-0.25, -0.2) is 0 Å². The Kier molecular flexibility index (Phi) is 6.04. The van der Waals surface area contributed by atoms with Crippen molar-refractivity contribution in [1.29, 1.82) is 0 Å². The molecule has 0 aliphatic heterocycles. The van der Waals surface area contributed by atoms with Crippen LogP contribution in [0.2, 0.25) is 0 Å². The number of thiophene rings is 1. The largest absolute Gasteiger partial charge is 0.493 e. The molecule has 1 N–H and O–H groups in total. The Bertz CT molecular complexity index is 568. The molecule has 0 aliphatic rings. The standard InChI is InChI=1S/C16H21NO3S/c1-18-11-14-6-5-13(21-14)10-17-9-12-4-7-15(19-2)16(8-12)20-3/h4-8,17H,9-11H2,1-3H3. The lowest BCUT2D eigenvalue weighted by atomic mass is 10.2. The highest BCUT2D eigenvalue weighted by Crippen LogP contribution is 2.27. The topological polar surface area (TPSA) is 39.7 Å². The summed E-state index contributed by atoms with van der Waals surface area (Å²) in [6.45, 7) is 2.32. The summed E-state index contributed by atoms with van der Waals surface area (Å²) < 4.78 is 15.7. The first-order valence-corrected chi connectivity index (χ1v) is 7.56. The molecule has 0 amide bonds. The fourth-order valence-corrected chi connectivity index (χ4v) is 3.02. The second kappa shape index (κ2) is 8.02. The van der Waals surface area contributed by atoms with E-state index in [1.807, 2.05) is 18.2 Å². The van der Waals surface area contributed by atoms with Crippen LogP contribution in [-0.4, -0.2) is 21.3 Å². The predicted molar refractivity (Wildman–Crippen MR) is 85.1 cm³/mol. The molecule has 4 nitrogen and oxygen atoms in total. The summed E-state index contributed by atoms with van der Waals surface area (Å²) in [5, 5.41) is 3.44. The minimum Gasteiger partial charge on any atom is -0.493 e. The van der Waals surface area contributed by atoms with E-state index < -0.39 is 0 Å². The van der Waals surface area contributed by atoms with E-state index in [4.69, 9.17) is 14.2 Å². The van der Waals surface area contributed by atoms with Gasteiger partial charge in [-0.15, -0.1) is 11.3 Å². The van der Waals surface area contributed by atoms with E-state index in [0.29, 0.717) is 6.61 Å². The third-order valence-electron chi connectivity index (χ3n) is 3.08. The molecule has 0 fully saturated rings. The van der Waals surface area contributed by atoms with Gasteiger partial charge in [0.1, 0.15) is 0 Å². The SMILES string of the molecule is COCc1ccc(CNCc2ccc(OC)c(OC)c2)s1. The molecule has 5 heteroatoms. The predicted octanol–water partition coefficient (Wildman–Crippen LogP) is 3.20. The lowest BCUT2D eigenvalue weighted by Crippen LogP contribution is -2.11. The van der Waals surface area contributed by atoms with Crippen LogP contribution < -0.4 is 14.8 Å². The minimum atomic E-state index is 0.681. The van der Waals surface area contributed by atoms with Gasteiger partial charge in [-0.2, -0.15) is 0 Å². The quantitative estimate of drug-likeness (QED) is 0.813. The maximum atomic E-state index is 5.31. The number of hydrogen-bond donors (Lipinski definition) is 1. The van der Waals surface area contributed by atoms with E-state index >= 15 is 0 Å². The summed E-state index contributed by atoms with van der Waals surface area (Å²) in [5.74, 6) is 1.51.